The molecule has 1 N–H and O–H groups in total. The first-order valence-electron chi connectivity index (χ1n) is 8.74. The molecule has 0 aromatic heterocycles. The van der Waals surface area contributed by atoms with Crippen molar-refractivity contribution in [3.8, 4) is 33.8 Å². The summed E-state index contributed by atoms with van der Waals surface area (Å²) in [6.07, 6.45) is 0.616. The summed E-state index contributed by atoms with van der Waals surface area (Å²) in [6.45, 7) is 0. The molecule has 0 aliphatic carbocycles. The highest BCUT2D eigenvalue weighted by Crippen LogP contribution is 2.35. The van der Waals surface area contributed by atoms with Crippen molar-refractivity contribution in [2.24, 2.45) is 0 Å². The number of hydrogen-bond donors (Lipinski definition) is 1. The van der Waals surface area contributed by atoms with Crippen molar-refractivity contribution in [1.82, 2.24) is 0 Å². The molecule has 0 aliphatic rings. The van der Waals surface area contributed by atoms with E-state index in [4.69, 9.17) is 14.6 Å². The van der Waals surface area contributed by atoms with Crippen LogP contribution in [0.2, 0.25) is 0 Å². The molecule has 27 heavy (non-hydrogen) atoms. The van der Waals surface area contributed by atoms with Crippen molar-refractivity contribution in [3.63, 3.8) is 0 Å². The maximum Gasteiger partial charge on any atom is 0.303 e. The van der Waals surface area contributed by atoms with Crippen molar-refractivity contribution in [1.29, 1.82) is 0 Å². The van der Waals surface area contributed by atoms with E-state index < -0.39 is 5.97 Å². The van der Waals surface area contributed by atoms with Gasteiger partial charge in [0.2, 0.25) is 0 Å². The summed E-state index contributed by atoms with van der Waals surface area (Å²) in [6, 6.07) is 21.9. The van der Waals surface area contributed by atoms with E-state index in [1.807, 2.05) is 54.6 Å². The van der Waals surface area contributed by atoms with Gasteiger partial charge in [0.25, 0.3) is 0 Å². The van der Waals surface area contributed by atoms with Crippen LogP contribution in [0.3, 0.4) is 0 Å². The van der Waals surface area contributed by atoms with Crippen LogP contribution >= 0.6 is 0 Å². The Balaban J connectivity index is 2.05. The van der Waals surface area contributed by atoms with E-state index in [9.17, 15) is 4.79 Å². The highest BCUT2D eigenvalue weighted by atomic mass is 16.5. The third-order valence-electron chi connectivity index (χ3n) is 4.51. The zero-order chi connectivity index (χ0) is 19.2. The normalized spacial score (nSPS) is 10.4. The van der Waals surface area contributed by atoms with Gasteiger partial charge in [-0.3, -0.25) is 4.79 Å². The Morgan fingerprint density at radius 3 is 1.78 bits per heavy atom. The minimum atomic E-state index is -0.791. The summed E-state index contributed by atoms with van der Waals surface area (Å²) in [5, 5.41) is 8.98. The van der Waals surface area contributed by atoms with Crippen molar-refractivity contribution in [3.05, 3.63) is 72.3 Å². The summed E-state index contributed by atoms with van der Waals surface area (Å²) in [7, 11) is 3.29. The lowest BCUT2D eigenvalue weighted by Gasteiger charge is -2.14. The molecule has 138 valence electrons. The predicted molar refractivity (Wildman–Crippen MR) is 106 cm³/mol. The molecule has 0 amide bonds. The summed E-state index contributed by atoms with van der Waals surface area (Å²) in [4.78, 5) is 10.9. The molecule has 0 heterocycles. The van der Waals surface area contributed by atoms with Gasteiger partial charge in [0, 0.05) is 6.42 Å². The Labute approximate surface area is 159 Å². The molecule has 0 radical (unpaired) electrons. The molecule has 0 bridgehead atoms. The van der Waals surface area contributed by atoms with Crippen molar-refractivity contribution >= 4 is 5.97 Å². The van der Waals surface area contributed by atoms with Crippen LogP contribution in [0, 0.1) is 0 Å². The number of benzene rings is 3. The highest BCUT2D eigenvalue weighted by Gasteiger charge is 2.10. The van der Waals surface area contributed by atoms with Crippen LogP contribution in [0.25, 0.3) is 22.3 Å². The highest BCUT2D eigenvalue weighted by molar-refractivity contribution is 5.84. The standard InChI is InChI=1S/C23H22O4/c1-26-19-9-5-17(6-10-19)21-13-3-16(4-14-23(24)25)15-22(21)18-7-11-20(27-2)12-8-18/h3,5-13,15H,4,14H2,1-2H3,(H,24,25). The predicted octanol–water partition coefficient (Wildman–Crippen LogP) is 5.06. The molecule has 0 saturated carbocycles. The quantitative estimate of drug-likeness (QED) is 0.639. The lowest BCUT2D eigenvalue weighted by molar-refractivity contribution is -0.136. The summed E-state index contributed by atoms with van der Waals surface area (Å²) in [5.74, 6) is 0.815. The Kier molecular flexibility index (Phi) is 5.77. The molecule has 3 rings (SSSR count). The molecule has 0 aliphatic heterocycles. The van der Waals surface area contributed by atoms with Crippen LogP contribution in [0.4, 0.5) is 0 Å². The SMILES string of the molecule is COc1ccc(-c2ccc(CCC(=O)O)cc2-c2ccc(OC)cc2)cc1. The lowest BCUT2D eigenvalue weighted by Crippen LogP contribution is -1.98. The molecule has 0 saturated heterocycles. The van der Waals surface area contributed by atoms with E-state index in [0.29, 0.717) is 6.42 Å². The van der Waals surface area contributed by atoms with Gasteiger partial charge in [-0.05, 0) is 58.5 Å². The number of carboxylic acid groups (broad SMARTS) is 1. The number of aliphatic carboxylic acids is 1. The molecule has 0 spiro atoms. The first-order chi connectivity index (χ1) is 13.1. The number of ether oxygens (including phenoxy) is 2. The van der Waals surface area contributed by atoms with Gasteiger partial charge in [0.05, 0.1) is 14.2 Å². The van der Waals surface area contributed by atoms with E-state index in [1.54, 1.807) is 14.2 Å². The number of carboxylic acids is 1. The number of rotatable bonds is 7. The minimum Gasteiger partial charge on any atom is -0.497 e. The third kappa shape index (κ3) is 4.47. The molecule has 4 heteroatoms. The molecule has 3 aromatic rings. The zero-order valence-corrected chi connectivity index (χ0v) is 15.4. The second-order valence-corrected chi connectivity index (χ2v) is 6.23. The lowest BCUT2D eigenvalue weighted by atomic mass is 9.92. The zero-order valence-electron chi connectivity index (χ0n) is 15.4. The van der Waals surface area contributed by atoms with Gasteiger partial charge >= 0.3 is 5.97 Å². The molecular formula is C23H22O4. The third-order valence-corrected chi connectivity index (χ3v) is 4.51. The van der Waals surface area contributed by atoms with E-state index in [0.717, 1.165) is 39.3 Å². The molecular weight excluding hydrogens is 340 g/mol. The minimum absolute atomic E-state index is 0.115. The van der Waals surface area contributed by atoms with Gasteiger partial charge < -0.3 is 14.6 Å². The topological polar surface area (TPSA) is 55.8 Å². The first kappa shape index (κ1) is 18.5. The average molecular weight is 362 g/mol. The smallest absolute Gasteiger partial charge is 0.303 e. The first-order valence-corrected chi connectivity index (χ1v) is 8.74. The van der Waals surface area contributed by atoms with Gasteiger partial charge in [-0.1, -0.05) is 42.5 Å². The van der Waals surface area contributed by atoms with Crippen LogP contribution in [-0.4, -0.2) is 25.3 Å². The van der Waals surface area contributed by atoms with Crippen molar-refractivity contribution in [2.75, 3.05) is 14.2 Å². The van der Waals surface area contributed by atoms with E-state index in [1.165, 1.54) is 0 Å². The molecule has 4 nitrogen and oxygen atoms in total. The average Bonchev–Trinajstić information content (AvgIpc) is 2.72. The van der Waals surface area contributed by atoms with Gasteiger partial charge in [0.1, 0.15) is 11.5 Å². The fraction of sp³-hybridized carbons (Fsp3) is 0.174. The van der Waals surface area contributed by atoms with E-state index >= 15 is 0 Å². The van der Waals surface area contributed by atoms with Gasteiger partial charge in [0.15, 0.2) is 0 Å². The number of hydrogen-bond acceptors (Lipinski definition) is 3. The number of carbonyl (C=O) groups is 1. The van der Waals surface area contributed by atoms with E-state index in [2.05, 4.69) is 12.1 Å². The van der Waals surface area contributed by atoms with Crippen LogP contribution < -0.4 is 9.47 Å². The molecule has 3 aromatic carbocycles. The summed E-state index contributed by atoms with van der Waals surface area (Å²) >= 11 is 0. The second-order valence-electron chi connectivity index (χ2n) is 6.23. The van der Waals surface area contributed by atoms with Crippen molar-refractivity contribution < 1.29 is 19.4 Å². The van der Waals surface area contributed by atoms with Gasteiger partial charge in [-0.2, -0.15) is 0 Å². The monoisotopic (exact) mass is 362 g/mol. The van der Waals surface area contributed by atoms with E-state index in [-0.39, 0.29) is 6.42 Å². The molecule has 0 fully saturated rings. The Morgan fingerprint density at radius 1 is 0.778 bits per heavy atom. The fourth-order valence-corrected chi connectivity index (χ4v) is 3.03. The second kappa shape index (κ2) is 8.41. The Hall–Kier alpha value is -3.27. The summed E-state index contributed by atoms with van der Waals surface area (Å²) in [5.41, 5.74) is 5.28. The van der Waals surface area contributed by atoms with Gasteiger partial charge in [-0.15, -0.1) is 0 Å². The van der Waals surface area contributed by atoms with Crippen molar-refractivity contribution in [2.45, 2.75) is 12.8 Å². The molecule has 0 unspecified atom stereocenters. The number of aryl methyl sites for hydroxylation is 1. The summed E-state index contributed by atoms with van der Waals surface area (Å²) < 4.78 is 10.5. The van der Waals surface area contributed by atoms with Crippen LogP contribution in [0.5, 0.6) is 11.5 Å². The van der Waals surface area contributed by atoms with Gasteiger partial charge in [-0.25, -0.2) is 0 Å². The Morgan fingerprint density at radius 2 is 1.30 bits per heavy atom. The van der Waals surface area contributed by atoms with Crippen LogP contribution in [0.15, 0.2) is 66.7 Å². The largest absolute Gasteiger partial charge is 0.497 e. The maximum absolute atomic E-state index is 10.9. The van der Waals surface area contributed by atoms with Crippen LogP contribution in [0.1, 0.15) is 12.0 Å². The fourth-order valence-electron chi connectivity index (χ4n) is 3.03. The molecule has 0 atom stereocenters. The Bertz CT molecular complexity index is 912. The van der Waals surface area contributed by atoms with Crippen LogP contribution in [-0.2, 0) is 11.2 Å². The maximum atomic E-state index is 10.9. The number of methoxy groups -OCH3 is 2.